The van der Waals surface area contributed by atoms with E-state index in [9.17, 15) is 4.79 Å². The van der Waals surface area contributed by atoms with Gasteiger partial charge in [0.05, 0.1) is 19.6 Å². The van der Waals surface area contributed by atoms with E-state index in [0.29, 0.717) is 6.42 Å². The van der Waals surface area contributed by atoms with Crippen molar-refractivity contribution in [3.8, 4) is 0 Å². The van der Waals surface area contributed by atoms with Crippen LogP contribution >= 0.6 is 0 Å². The molecule has 1 aliphatic heterocycles. The maximum Gasteiger partial charge on any atom is 0.303 e. The highest BCUT2D eigenvalue weighted by molar-refractivity contribution is 5.68. The summed E-state index contributed by atoms with van der Waals surface area (Å²) in [6, 6.07) is 0. The Morgan fingerprint density at radius 2 is 2.08 bits per heavy atom. The van der Waals surface area contributed by atoms with Gasteiger partial charge in [-0.25, -0.2) is 0 Å². The summed E-state index contributed by atoms with van der Waals surface area (Å²) in [5.41, 5.74) is 0.195. The van der Waals surface area contributed by atoms with E-state index in [2.05, 4.69) is 6.92 Å². The van der Waals surface area contributed by atoms with Crippen LogP contribution in [0.15, 0.2) is 0 Å². The van der Waals surface area contributed by atoms with E-state index in [-0.39, 0.29) is 10.8 Å². The van der Waals surface area contributed by atoms with Crippen LogP contribution < -0.4 is 0 Å². The van der Waals surface area contributed by atoms with Crippen LogP contribution in [0.5, 0.6) is 0 Å². The minimum Gasteiger partial charge on any atom is -0.481 e. The van der Waals surface area contributed by atoms with Gasteiger partial charge in [-0.1, -0.05) is 13.3 Å². The van der Waals surface area contributed by atoms with E-state index < -0.39 is 5.97 Å². The van der Waals surface area contributed by atoms with Crippen LogP contribution in [0, 0.1) is 10.8 Å². The topological polar surface area (TPSA) is 46.5 Å². The van der Waals surface area contributed by atoms with Crippen molar-refractivity contribution in [2.24, 2.45) is 10.8 Å². The molecule has 74 valence electrons. The number of ether oxygens (including phenoxy) is 1. The monoisotopic (exact) mass is 184 g/mol. The molecule has 0 atom stereocenters. The maximum atomic E-state index is 10.8. The fraction of sp³-hybridized carbons (Fsp3) is 0.900. The van der Waals surface area contributed by atoms with Crippen molar-refractivity contribution in [1.82, 2.24) is 0 Å². The van der Waals surface area contributed by atoms with E-state index in [4.69, 9.17) is 9.84 Å². The molecule has 0 spiro atoms. The Balaban J connectivity index is 2.10. The molecule has 0 aromatic rings. The standard InChI is InChI=1S/C10H16O3/c1-9(6-13-7-9)10(3-2-4-10)5-8(11)12/h2-7H2,1H3,(H,11,12). The van der Waals surface area contributed by atoms with Gasteiger partial charge in [0.1, 0.15) is 0 Å². The van der Waals surface area contributed by atoms with Crippen molar-refractivity contribution in [2.45, 2.75) is 32.6 Å². The molecule has 2 aliphatic rings. The van der Waals surface area contributed by atoms with Crippen LogP contribution in [-0.2, 0) is 9.53 Å². The molecule has 2 rings (SSSR count). The minimum atomic E-state index is -0.659. The van der Waals surface area contributed by atoms with Crippen LogP contribution in [-0.4, -0.2) is 24.3 Å². The van der Waals surface area contributed by atoms with Gasteiger partial charge in [-0.2, -0.15) is 0 Å². The summed E-state index contributed by atoms with van der Waals surface area (Å²) in [4.78, 5) is 10.8. The molecular formula is C10H16O3. The van der Waals surface area contributed by atoms with Gasteiger partial charge in [0.2, 0.25) is 0 Å². The molecule has 13 heavy (non-hydrogen) atoms. The molecule has 0 radical (unpaired) electrons. The number of rotatable bonds is 3. The molecule has 0 unspecified atom stereocenters. The van der Waals surface area contributed by atoms with Crippen molar-refractivity contribution >= 4 is 5.97 Å². The molecular weight excluding hydrogens is 168 g/mol. The summed E-state index contributed by atoms with van der Waals surface area (Å²) in [6.45, 7) is 3.67. The minimum absolute atomic E-state index is 0.0527. The molecule has 0 bridgehead atoms. The summed E-state index contributed by atoms with van der Waals surface area (Å²) in [5, 5.41) is 8.86. The lowest BCUT2D eigenvalue weighted by molar-refractivity contribution is -0.206. The fourth-order valence-electron chi connectivity index (χ4n) is 2.60. The highest BCUT2D eigenvalue weighted by Gasteiger charge is 2.56. The van der Waals surface area contributed by atoms with Gasteiger partial charge in [0.15, 0.2) is 0 Å². The number of carboxylic acids is 1. The maximum absolute atomic E-state index is 10.8. The predicted octanol–water partition coefficient (Wildman–Crippen LogP) is 1.67. The third-order valence-corrected chi connectivity index (χ3v) is 3.92. The first kappa shape index (κ1) is 9.00. The van der Waals surface area contributed by atoms with Gasteiger partial charge in [-0.3, -0.25) is 4.79 Å². The van der Waals surface area contributed by atoms with Gasteiger partial charge in [-0.05, 0) is 18.3 Å². The van der Waals surface area contributed by atoms with E-state index in [1.165, 1.54) is 6.42 Å². The van der Waals surface area contributed by atoms with Crippen LogP contribution in [0.4, 0.5) is 0 Å². The SMILES string of the molecule is CC1(C2(CC(=O)O)CCC2)COC1. The lowest BCUT2D eigenvalue weighted by Crippen LogP contribution is -2.57. The lowest BCUT2D eigenvalue weighted by atomic mass is 9.51. The molecule has 3 nitrogen and oxygen atoms in total. The first-order chi connectivity index (χ1) is 6.08. The molecule has 1 N–H and O–H groups in total. The number of aliphatic carboxylic acids is 1. The third-order valence-electron chi connectivity index (χ3n) is 3.92. The summed E-state index contributed by atoms with van der Waals surface area (Å²) >= 11 is 0. The molecule has 0 aromatic carbocycles. The Hall–Kier alpha value is -0.570. The Morgan fingerprint density at radius 3 is 2.31 bits per heavy atom. The van der Waals surface area contributed by atoms with E-state index in [0.717, 1.165) is 26.1 Å². The second-order valence-electron chi connectivity index (χ2n) is 4.76. The Kier molecular flexibility index (Phi) is 1.88. The molecule has 0 aromatic heterocycles. The number of hydrogen-bond acceptors (Lipinski definition) is 2. The van der Waals surface area contributed by atoms with Gasteiger partial charge < -0.3 is 9.84 Å². The first-order valence-electron chi connectivity index (χ1n) is 4.88. The van der Waals surface area contributed by atoms with Crippen molar-refractivity contribution in [3.05, 3.63) is 0 Å². The van der Waals surface area contributed by atoms with Crippen molar-refractivity contribution in [1.29, 1.82) is 0 Å². The molecule has 2 fully saturated rings. The average molecular weight is 184 g/mol. The second-order valence-corrected chi connectivity index (χ2v) is 4.76. The number of hydrogen-bond donors (Lipinski definition) is 1. The van der Waals surface area contributed by atoms with Crippen LogP contribution in [0.2, 0.25) is 0 Å². The molecule has 1 aliphatic carbocycles. The lowest BCUT2D eigenvalue weighted by Gasteiger charge is -2.58. The smallest absolute Gasteiger partial charge is 0.303 e. The Bertz CT molecular complexity index is 226. The van der Waals surface area contributed by atoms with E-state index in [1.54, 1.807) is 0 Å². The van der Waals surface area contributed by atoms with Crippen LogP contribution in [0.3, 0.4) is 0 Å². The largest absolute Gasteiger partial charge is 0.481 e. The second kappa shape index (κ2) is 2.71. The highest BCUT2D eigenvalue weighted by Crippen LogP contribution is 2.59. The van der Waals surface area contributed by atoms with Gasteiger partial charge in [-0.15, -0.1) is 0 Å². The summed E-state index contributed by atoms with van der Waals surface area (Å²) in [7, 11) is 0. The van der Waals surface area contributed by atoms with E-state index >= 15 is 0 Å². The number of carbonyl (C=O) groups is 1. The molecule has 3 heteroatoms. The van der Waals surface area contributed by atoms with Crippen LogP contribution in [0.1, 0.15) is 32.6 Å². The van der Waals surface area contributed by atoms with Crippen molar-refractivity contribution in [2.75, 3.05) is 13.2 Å². The van der Waals surface area contributed by atoms with Crippen molar-refractivity contribution in [3.63, 3.8) is 0 Å². The fourth-order valence-corrected chi connectivity index (χ4v) is 2.60. The summed E-state index contributed by atoms with van der Waals surface area (Å²) < 4.78 is 5.21. The predicted molar refractivity (Wildman–Crippen MR) is 47.5 cm³/mol. The van der Waals surface area contributed by atoms with Gasteiger partial charge in [0.25, 0.3) is 0 Å². The molecule has 1 heterocycles. The molecule has 0 amide bonds. The number of carboxylic acid groups (broad SMARTS) is 1. The molecule has 1 saturated carbocycles. The zero-order valence-electron chi connectivity index (χ0n) is 8.01. The van der Waals surface area contributed by atoms with Gasteiger partial charge in [0, 0.05) is 5.41 Å². The normalized spacial score (nSPS) is 28.7. The quantitative estimate of drug-likeness (QED) is 0.725. The highest BCUT2D eigenvalue weighted by atomic mass is 16.5. The zero-order chi connectivity index (χ0) is 9.53. The Morgan fingerprint density at radius 1 is 1.46 bits per heavy atom. The summed E-state index contributed by atoms with van der Waals surface area (Å²) in [6.07, 6.45) is 3.65. The van der Waals surface area contributed by atoms with E-state index in [1.807, 2.05) is 0 Å². The molecule has 1 saturated heterocycles. The van der Waals surface area contributed by atoms with Crippen LogP contribution in [0.25, 0.3) is 0 Å². The summed E-state index contributed by atoms with van der Waals surface area (Å²) in [5.74, 6) is -0.659. The Labute approximate surface area is 78.1 Å². The van der Waals surface area contributed by atoms with Crippen molar-refractivity contribution < 1.29 is 14.6 Å². The third kappa shape index (κ3) is 1.17. The average Bonchev–Trinajstić information content (AvgIpc) is 1.92. The zero-order valence-corrected chi connectivity index (χ0v) is 8.01. The van der Waals surface area contributed by atoms with Gasteiger partial charge >= 0.3 is 5.97 Å². The first-order valence-corrected chi connectivity index (χ1v) is 4.88.